The van der Waals surface area contributed by atoms with Crippen molar-refractivity contribution in [3.8, 4) is 17.0 Å². The standard InChI is InChI=1S/C23H21N3O/c1-2-6-17(7-3-1)16-27-20-12-10-18(11-13-20)22-14-23-24-21-9-5-4-8-19(21)15-26(23)25-22/h1-3,6-7,10-15H,4-5,8-9,16H2. The molecule has 0 atom stereocenters. The molecule has 0 bridgehead atoms. The second-order valence-corrected chi connectivity index (χ2v) is 7.05. The molecule has 0 N–H and O–H groups in total. The minimum Gasteiger partial charge on any atom is -0.489 e. The van der Waals surface area contributed by atoms with E-state index in [1.165, 1.54) is 24.1 Å². The van der Waals surface area contributed by atoms with Crippen LogP contribution in [0.4, 0.5) is 0 Å². The Balaban J connectivity index is 1.36. The van der Waals surface area contributed by atoms with Crippen LogP contribution in [0.2, 0.25) is 0 Å². The Bertz CT molecular complexity index is 1030. The molecule has 0 unspecified atom stereocenters. The van der Waals surface area contributed by atoms with Gasteiger partial charge in [-0.3, -0.25) is 0 Å². The largest absolute Gasteiger partial charge is 0.489 e. The van der Waals surface area contributed by atoms with Crippen LogP contribution in [-0.2, 0) is 19.4 Å². The van der Waals surface area contributed by atoms with Crippen molar-refractivity contribution in [2.24, 2.45) is 0 Å². The van der Waals surface area contributed by atoms with E-state index >= 15 is 0 Å². The third-order valence-corrected chi connectivity index (χ3v) is 5.12. The Hall–Kier alpha value is -3.14. The Morgan fingerprint density at radius 3 is 2.59 bits per heavy atom. The molecule has 5 rings (SSSR count). The summed E-state index contributed by atoms with van der Waals surface area (Å²) < 4.78 is 7.79. The van der Waals surface area contributed by atoms with Gasteiger partial charge in [-0.1, -0.05) is 30.3 Å². The molecule has 134 valence electrons. The van der Waals surface area contributed by atoms with E-state index < -0.39 is 0 Å². The number of rotatable bonds is 4. The third-order valence-electron chi connectivity index (χ3n) is 5.12. The first-order chi connectivity index (χ1) is 13.3. The number of benzene rings is 2. The summed E-state index contributed by atoms with van der Waals surface area (Å²) in [6, 6.07) is 20.4. The fourth-order valence-electron chi connectivity index (χ4n) is 3.63. The molecule has 27 heavy (non-hydrogen) atoms. The van der Waals surface area contributed by atoms with Crippen molar-refractivity contribution in [1.29, 1.82) is 0 Å². The van der Waals surface area contributed by atoms with Crippen LogP contribution in [0.1, 0.15) is 29.7 Å². The first-order valence-corrected chi connectivity index (χ1v) is 9.50. The molecule has 0 fully saturated rings. The van der Waals surface area contributed by atoms with Gasteiger partial charge in [-0.25, -0.2) is 9.50 Å². The van der Waals surface area contributed by atoms with E-state index in [9.17, 15) is 0 Å². The lowest BCUT2D eigenvalue weighted by Gasteiger charge is -2.13. The summed E-state index contributed by atoms with van der Waals surface area (Å²) in [4.78, 5) is 4.82. The molecule has 4 nitrogen and oxygen atoms in total. The fraction of sp³-hybridized carbons (Fsp3) is 0.217. The van der Waals surface area contributed by atoms with Gasteiger partial charge in [0.2, 0.25) is 0 Å². The molecule has 1 aliphatic rings. The van der Waals surface area contributed by atoms with Gasteiger partial charge in [-0.15, -0.1) is 0 Å². The van der Waals surface area contributed by atoms with Gasteiger partial charge in [0, 0.05) is 23.5 Å². The van der Waals surface area contributed by atoms with Crippen LogP contribution >= 0.6 is 0 Å². The van der Waals surface area contributed by atoms with Crippen LogP contribution in [0.25, 0.3) is 16.9 Å². The van der Waals surface area contributed by atoms with Crippen molar-refractivity contribution in [2.45, 2.75) is 32.3 Å². The molecule has 0 spiro atoms. The molecule has 0 saturated carbocycles. The number of hydrogen-bond donors (Lipinski definition) is 0. The van der Waals surface area contributed by atoms with Gasteiger partial charge in [-0.2, -0.15) is 5.10 Å². The van der Waals surface area contributed by atoms with Crippen molar-refractivity contribution in [1.82, 2.24) is 14.6 Å². The highest BCUT2D eigenvalue weighted by Gasteiger charge is 2.14. The summed E-state index contributed by atoms with van der Waals surface area (Å²) in [5.41, 5.74) is 6.69. The zero-order valence-electron chi connectivity index (χ0n) is 15.1. The smallest absolute Gasteiger partial charge is 0.155 e. The van der Waals surface area contributed by atoms with Crippen molar-refractivity contribution in [3.63, 3.8) is 0 Å². The zero-order chi connectivity index (χ0) is 18.1. The van der Waals surface area contributed by atoms with E-state index in [0.717, 1.165) is 41.1 Å². The van der Waals surface area contributed by atoms with E-state index in [1.807, 2.05) is 34.8 Å². The zero-order valence-corrected chi connectivity index (χ0v) is 15.1. The van der Waals surface area contributed by atoms with Gasteiger partial charge in [-0.05, 0) is 61.1 Å². The molecule has 2 aromatic carbocycles. The highest BCUT2D eigenvalue weighted by Crippen LogP contribution is 2.25. The van der Waals surface area contributed by atoms with E-state index in [4.69, 9.17) is 14.8 Å². The molecule has 4 heteroatoms. The summed E-state index contributed by atoms with van der Waals surface area (Å²) in [5.74, 6) is 0.861. The molecule has 0 aliphatic heterocycles. The van der Waals surface area contributed by atoms with Gasteiger partial charge in [0.05, 0.1) is 5.69 Å². The van der Waals surface area contributed by atoms with Crippen molar-refractivity contribution < 1.29 is 4.74 Å². The van der Waals surface area contributed by atoms with E-state index in [-0.39, 0.29) is 0 Å². The molecule has 0 radical (unpaired) electrons. The lowest BCUT2D eigenvalue weighted by molar-refractivity contribution is 0.306. The minimum absolute atomic E-state index is 0.573. The molecule has 1 aliphatic carbocycles. The van der Waals surface area contributed by atoms with Crippen LogP contribution in [0.3, 0.4) is 0 Å². The van der Waals surface area contributed by atoms with Gasteiger partial charge in [0.25, 0.3) is 0 Å². The van der Waals surface area contributed by atoms with Crippen LogP contribution < -0.4 is 4.74 Å². The molecular weight excluding hydrogens is 334 g/mol. The number of aromatic nitrogens is 3. The number of nitrogens with zero attached hydrogens (tertiary/aromatic N) is 3. The van der Waals surface area contributed by atoms with Crippen molar-refractivity contribution >= 4 is 5.65 Å². The second-order valence-electron chi connectivity index (χ2n) is 7.05. The summed E-state index contributed by atoms with van der Waals surface area (Å²) in [7, 11) is 0. The summed E-state index contributed by atoms with van der Waals surface area (Å²) >= 11 is 0. The normalized spacial score (nSPS) is 13.5. The topological polar surface area (TPSA) is 39.4 Å². The maximum Gasteiger partial charge on any atom is 0.155 e. The Morgan fingerprint density at radius 2 is 1.74 bits per heavy atom. The van der Waals surface area contributed by atoms with Gasteiger partial charge in [0.1, 0.15) is 12.4 Å². The number of hydrogen-bond acceptors (Lipinski definition) is 3. The molecular formula is C23H21N3O. The van der Waals surface area contributed by atoms with Crippen LogP contribution in [0.15, 0.2) is 66.9 Å². The molecule has 2 aromatic heterocycles. The average Bonchev–Trinajstić information content (AvgIpc) is 3.14. The SMILES string of the molecule is c1ccc(COc2ccc(-c3cc4nc5c(cn4n3)CCCC5)cc2)cc1. The Morgan fingerprint density at radius 1 is 0.926 bits per heavy atom. The lowest BCUT2D eigenvalue weighted by Crippen LogP contribution is -2.07. The second kappa shape index (κ2) is 6.88. The highest BCUT2D eigenvalue weighted by molar-refractivity contribution is 5.65. The van der Waals surface area contributed by atoms with E-state index in [0.29, 0.717) is 6.61 Å². The van der Waals surface area contributed by atoms with Crippen LogP contribution in [0.5, 0.6) is 5.75 Å². The summed E-state index contributed by atoms with van der Waals surface area (Å²) in [6.07, 6.45) is 6.83. The molecule has 2 heterocycles. The van der Waals surface area contributed by atoms with Gasteiger partial charge < -0.3 is 4.74 Å². The first-order valence-electron chi connectivity index (χ1n) is 9.50. The maximum atomic E-state index is 5.87. The van der Waals surface area contributed by atoms with Gasteiger partial charge in [0.15, 0.2) is 5.65 Å². The van der Waals surface area contributed by atoms with E-state index in [1.54, 1.807) is 0 Å². The predicted molar refractivity (Wildman–Crippen MR) is 106 cm³/mol. The average molecular weight is 355 g/mol. The fourth-order valence-corrected chi connectivity index (χ4v) is 3.63. The molecule has 0 saturated heterocycles. The summed E-state index contributed by atoms with van der Waals surface area (Å²) in [6.45, 7) is 0.573. The number of ether oxygens (including phenoxy) is 1. The Kier molecular flexibility index (Phi) is 4.09. The predicted octanol–water partition coefficient (Wildman–Crippen LogP) is 4.85. The molecule has 4 aromatic rings. The van der Waals surface area contributed by atoms with Gasteiger partial charge >= 0.3 is 0 Å². The van der Waals surface area contributed by atoms with Crippen LogP contribution in [0, 0.1) is 0 Å². The van der Waals surface area contributed by atoms with E-state index in [2.05, 4.69) is 36.5 Å². The summed E-state index contributed by atoms with van der Waals surface area (Å²) in [5, 5.41) is 4.73. The first kappa shape index (κ1) is 16.1. The third kappa shape index (κ3) is 3.31. The monoisotopic (exact) mass is 355 g/mol. The minimum atomic E-state index is 0.573. The lowest BCUT2D eigenvalue weighted by atomic mass is 9.98. The highest BCUT2D eigenvalue weighted by atomic mass is 16.5. The Labute approximate surface area is 158 Å². The number of aryl methyl sites for hydroxylation is 2. The molecule has 0 amide bonds. The van der Waals surface area contributed by atoms with Crippen molar-refractivity contribution in [3.05, 3.63) is 83.7 Å². The van der Waals surface area contributed by atoms with Crippen LogP contribution in [-0.4, -0.2) is 14.6 Å². The maximum absolute atomic E-state index is 5.87. The van der Waals surface area contributed by atoms with Crippen molar-refractivity contribution in [2.75, 3.05) is 0 Å². The quantitative estimate of drug-likeness (QED) is 0.525. The number of fused-ring (bicyclic) bond motifs is 2.